The van der Waals surface area contributed by atoms with Crippen LogP contribution in [0.25, 0.3) is 0 Å². The lowest BCUT2D eigenvalue weighted by atomic mass is 10.2. The molecule has 0 spiro atoms. The Morgan fingerprint density at radius 2 is 2.12 bits per heavy atom. The van der Waals surface area contributed by atoms with E-state index in [0.29, 0.717) is 17.9 Å². The highest BCUT2D eigenvalue weighted by Gasteiger charge is 2.16. The van der Waals surface area contributed by atoms with Crippen LogP contribution in [-0.4, -0.2) is 17.8 Å². The van der Waals surface area contributed by atoms with E-state index >= 15 is 0 Å². The van der Waals surface area contributed by atoms with Crippen LogP contribution in [0.1, 0.15) is 32.9 Å². The lowest BCUT2D eigenvalue weighted by Crippen LogP contribution is -2.33. The van der Waals surface area contributed by atoms with Crippen LogP contribution in [0.2, 0.25) is 0 Å². The van der Waals surface area contributed by atoms with Crippen LogP contribution < -0.4 is 5.32 Å². The summed E-state index contributed by atoms with van der Waals surface area (Å²) in [6.07, 6.45) is 1.52. The number of rotatable bonds is 5. The molecule has 4 heteroatoms. The standard InChI is InChI=1S/C12H19FN2O/c1-5-6-10-9(13)7-8-11(14-10)15-12(2,3)16-4/h7-8H,5-6H2,1-4H3,(H,14,15). The van der Waals surface area contributed by atoms with Crippen LogP contribution >= 0.6 is 0 Å². The summed E-state index contributed by atoms with van der Waals surface area (Å²) in [4.78, 5) is 4.23. The molecule has 0 saturated heterocycles. The smallest absolute Gasteiger partial charge is 0.144 e. The van der Waals surface area contributed by atoms with Crippen molar-refractivity contribution >= 4 is 5.82 Å². The zero-order valence-electron chi connectivity index (χ0n) is 10.3. The Labute approximate surface area is 96.0 Å². The molecule has 0 unspecified atom stereocenters. The molecule has 0 amide bonds. The quantitative estimate of drug-likeness (QED) is 0.784. The second kappa shape index (κ2) is 5.25. The molecule has 0 aliphatic rings. The zero-order valence-corrected chi connectivity index (χ0v) is 10.3. The monoisotopic (exact) mass is 226 g/mol. The van der Waals surface area contributed by atoms with Crippen molar-refractivity contribution in [2.75, 3.05) is 12.4 Å². The maximum atomic E-state index is 13.3. The maximum Gasteiger partial charge on any atom is 0.144 e. The molecule has 0 aliphatic heterocycles. The summed E-state index contributed by atoms with van der Waals surface area (Å²) < 4.78 is 18.6. The van der Waals surface area contributed by atoms with Crippen LogP contribution in [-0.2, 0) is 11.2 Å². The van der Waals surface area contributed by atoms with Crippen molar-refractivity contribution in [3.63, 3.8) is 0 Å². The summed E-state index contributed by atoms with van der Waals surface area (Å²) >= 11 is 0. The molecule has 0 fully saturated rings. The third-order valence-corrected chi connectivity index (χ3v) is 2.34. The molecule has 1 aromatic heterocycles. The van der Waals surface area contributed by atoms with Crippen LogP contribution in [0.15, 0.2) is 12.1 Å². The number of hydrogen-bond acceptors (Lipinski definition) is 3. The summed E-state index contributed by atoms with van der Waals surface area (Å²) in [7, 11) is 1.61. The van der Waals surface area contributed by atoms with E-state index in [1.54, 1.807) is 13.2 Å². The minimum Gasteiger partial charge on any atom is -0.360 e. The molecule has 0 saturated carbocycles. The Morgan fingerprint density at radius 3 is 2.69 bits per heavy atom. The van der Waals surface area contributed by atoms with E-state index in [-0.39, 0.29) is 5.82 Å². The average molecular weight is 226 g/mol. The summed E-state index contributed by atoms with van der Waals surface area (Å²) in [6.45, 7) is 5.77. The number of nitrogens with one attached hydrogen (secondary N) is 1. The maximum absolute atomic E-state index is 13.3. The van der Waals surface area contributed by atoms with Crippen LogP contribution in [0.4, 0.5) is 10.2 Å². The topological polar surface area (TPSA) is 34.2 Å². The second-order valence-corrected chi connectivity index (χ2v) is 4.21. The van der Waals surface area contributed by atoms with Crippen molar-refractivity contribution < 1.29 is 9.13 Å². The van der Waals surface area contributed by atoms with Crippen molar-refractivity contribution in [1.82, 2.24) is 4.98 Å². The number of methoxy groups -OCH3 is 1. The van der Waals surface area contributed by atoms with Gasteiger partial charge in [0, 0.05) is 7.11 Å². The first kappa shape index (κ1) is 12.9. The molecule has 3 nitrogen and oxygen atoms in total. The van der Waals surface area contributed by atoms with E-state index in [9.17, 15) is 4.39 Å². The molecule has 0 bridgehead atoms. The SMILES string of the molecule is CCCc1nc(NC(C)(C)OC)ccc1F. The molecule has 1 aromatic rings. The van der Waals surface area contributed by atoms with E-state index in [1.807, 2.05) is 20.8 Å². The van der Waals surface area contributed by atoms with Gasteiger partial charge in [-0.05, 0) is 32.4 Å². The number of aryl methyl sites for hydroxylation is 1. The van der Waals surface area contributed by atoms with Crippen molar-refractivity contribution in [2.24, 2.45) is 0 Å². The fraction of sp³-hybridized carbons (Fsp3) is 0.583. The molecule has 0 aliphatic carbocycles. The summed E-state index contributed by atoms with van der Waals surface area (Å²) in [5.41, 5.74) is -0.00619. The molecule has 0 aromatic carbocycles. The highest BCUT2D eigenvalue weighted by atomic mass is 19.1. The molecule has 1 heterocycles. The third kappa shape index (κ3) is 3.45. The predicted molar refractivity (Wildman–Crippen MR) is 62.9 cm³/mol. The molecular weight excluding hydrogens is 207 g/mol. The van der Waals surface area contributed by atoms with E-state index < -0.39 is 5.72 Å². The van der Waals surface area contributed by atoms with Crippen LogP contribution in [0, 0.1) is 5.82 Å². The minimum absolute atomic E-state index is 0.248. The van der Waals surface area contributed by atoms with E-state index in [0.717, 1.165) is 6.42 Å². The number of pyridine rings is 1. The van der Waals surface area contributed by atoms with Gasteiger partial charge in [0.1, 0.15) is 17.4 Å². The lowest BCUT2D eigenvalue weighted by Gasteiger charge is -2.25. The fourth-order valence-corrected chi connectivity index (χ4v) is 1.33. The first-order valence-electron chi connectivity index (χ1n) is 5.47. The zero-order chi connectivity index (χ0) is 12.2. The Balaban J connectivity index is 2.86. The number of hydrogen-bond donors (Lipinski definition) is 1. The van der Waals surface area contributed by atoms with Crippen molar-refractivity contribution in [2.45, 2.75) is 39.3 Å². The number of halogens is 1. The van der Waals surface area contributed by atoms with Gasteiger partial charge in [0.2, 0.25) is 0 Å². The van der Waals surface area contributed by atoms with Crippen molar-refractivity contribution in [1.29, 1.82) is 0 Å². The highest BCUT2D eigenvalue weighted by molar-refractivity contribution is 5.37. The Hall–Kier alpha value is -1.16. The minimum atomic E-state index is -0.506. The summed E-state index contributed by atoms with van der Waals surface area (Å²) in [5.74, 6) is 0.388. The lowest BCUT2D eigenvalue weighted by molar-refractivity contribution is 0.0476. The van der Waals surface area contributed by atoms with Crippen molar-refractivity contribution in [3.8, 4) is 0 Å². The molecule has 1 rings (SSSR count). The highest BCUT2D eigenvalue weighted by Crippen LogP contribution is 2.16. The fourth-order valence-electron chi connectivity index (χ4n) is 1.33. The van der Waals surface area contributed by atoms with Gasteiger partial charge in [-0.2, -0.15) is 0 Å². The average Bonchev–Trinajstić information content (AvgIpc) is 2.23. The number of anilines is 1. The summed E-state index contributed by atoms with van der Waals surface area (Å²) in [6, 6.07) is 3.06. The molecule has 16 heavy (non-hydrogen) atoms. The van der Waals surface area contributed by atoms with E-state index in [2.05, 4.69) is 10.3 Å². The number of ether oxygens (including phenoxy) is 1. The van der Waals surface area contributed by atoms with E-state index in [1.165, 1.54) is 6.07 Å². The van der Waals surface area contributed by atoms with Gasteiger partial charge in [0.15, 0.2) is 0 Å². The summed E-state index contributed by atoms with van der Waals surface area (Å²) in [5, 5.41) is 3.09. The Bertz CT molecular complexity index is 353. The van der Waals surface area contributed by atoms with Gasteiger partial charge < -0.3 is 10.1 Å². The third-order valence-electron chi connectivity index (χ3n) is 2.34. The number of nitrogens with zero attached hydrogens (tertiary/aromatic N) is 1. The Morgan fingerprint density at radius 1 is 1.44 bits per heavy atom. The number of aromatic nitrogens is 1. The van der Waals surface area contributed by atoms with Crippen LogP contribution in [0.5, 0.6) is 0 Å². The van der Waals surface area contributed by atoms with Gasteiger partial charge in [0.05, 0.1) is 5.69 Å². The molecule has 0 radical (unpaired) electrons. The van der Waals surface area contributed by atoms with Crippen LogP contribution in [0.3, 0.4) is 0 Å². The van der Waals surface area contributed by atoms with Gasteiger partial charge in [0.25, 0.3) is 0 Å². The normalized spacial score (nSPS) is 11.6. The molecule has 0 atom stereocenters. The predicted octanol–water partition coefficient (Wildman–Crippen LogP) is 2.97. The second-order valence-electron chi connectivity index (χ2n) is 4.21. The van der Waals surface area contributed by atoms with Gasteiger partial charge in [-0.25, -0.2) is 9.37 Å². The van der Waals surface area contributed by atoms with Gasteiger partial charge in [-0.3, -0.25) is 0 Å². The molecule has 1 N–H and O–H groups in total. The van der Waals surface area contributed by atoms with Gasteiger partial charge in [-0.1, -0.05) is 13.3 Å². The van der Waals surface area contributed by atoms with Crippen molar-refractivity contribution in [3.05, 3.63) is 23.6 Å². The first-order valence-corrected chi connectivity index (χ1v) is 5.47. The van der Waals surface area contributed by atoms with E-state index in [4.69, 9.17) is 4.74 Å². The van der Waals surface area contributed by atoms with Gasteiger partial charge in [-0.15, -0.1) is 0 Å². The largest absolute Gasteiger partial charge is 0.360 e. The molecular formula is C12H19FN2O. The Kier molecular flexibility index (Phi) is 4.24. The van der Waals surface area contributed by atoms with Gasteiger partial charge >= 0.3 is 0 Å². The first-order chi connectivity index (χ1) is 7.48. The molecule has 90 valence electrons.